The molecule has 0 aromatic heterocycles. The lowest BCUT2D eigenvalue weighted by Crippen LogP contribution is -2.58. The van der Waals surface area contributed by atoms with Crippen LogP contribution in [-0.2, 0) is 0 Å². The Hall–Kier alpha value is -0.300. The third-order valence-corrected chi connectivity index (χ3v) is 5.63. The summed E-state index contributed by atoms with van der Waals surface area (Å²) in [5, 5.41) is 10.3. The molecule has 1 N–H and O–H groups in total. The van der Waals surface area contributed by atoms with Gasteiger partial charge in [0.25, 0.3) is 0 Å². The van der Waals surface area contributed by atoms with Crippen molar-refractivity contribution in [1.29, 1.82) is 0 Å². The molecule has 1 heteroatoms. The molecule has 3 rings (SSSR count). The molecule has 90 valence electrons. The zero-order valence-electron chi connectivity index (χ0n) is 11.0. The predicted octanol–water partition coefficient (Wildman–Crippen LogP) is 3.53. The van der Waals surface area contributed by atoms with Gasteiger partial charge < -0.3 is 5.11 Å². The molecule has 0 aromatic carbocycles. The minimum absolute atomic E-state index is 0.369. The number of hydrogen-bond acceptors (Lipinski definition) is 1. The van der Waals surface area contributed by atoms with Crippen LogP contribution in [0.25, 0.3) is 0 Å². The van der Waals surface area contributed by atoms with Crippen LogP contribution in [0.2, 0.25) is 0 Å². The van der Waals surface area contributed by atoms with Gasteiger partial charge in [0.05, 0.1) is 5.60 Å². The van der Waals surface area contributed by atoms with Crippen molar-refractivity contribution in [3.05, 3.63) is 11.1 Å². The highest BCUT2D eigenvalue weighted by molar-refractivity contribution is 5.32. The largest absolute Gasteiger partial charge is 0.390 e. The summed E-state index contributed by atoms with van der Waals surface area (Å²) in [5.41, 5.74) is 3.49. The summed E-state index contributed by atoms with van der Waals surface area (Å²) in [5.74, 6) is 2.11. The molecule has 0 heterocycles. The second-order valence-corrected chi connectivity index (χ2v) is 7.32. The zero-order valence-corrected chi connectivity index (χ0v) is 11.0. The van der Waals surface area contributed by atoms with Gasteiger partial charge in [0, 0.05) is 0 Å². The van der Waals surface area contributed by atoms with Gasteiger partial charge in [-0.2, -0.15) is 0 Å². The van der Waals surface area contributed by atoms with Crippen molar-refractivity contribution in [2.75, 3.05) is 0 Å². The summed E-state index contributed by atoms with van der Waals surface area (Å²) < 4.78 is 0. The molecule has 4 atom stereocenters. The molecule has 2 fully saturated rings. The third kappa shape index (κ3) is 1.21. The minimum Gasteiger partial charge on any atom is -0.390 e. The van der Waals surface area contributed by atoms with Crippen molar-refractivity contribution in [2.24, 2.45) is 23.2 Å². The van der Waals surface area contributed by atoms with E-state index in [1.165, 1.54) is 19.3 Å². The van der Waals surface area contributed by atoms with Crippen LogP contribution in [-0.4, -0.2) is 10.7 Å². The fourth-order valence-corrected chi connectivity index (χ4v) is 4.78. The van der Waals surface area contributed by atoms with E-state index in [9.17, 15) is 5.11 Å². The highest BCUT2D eigenvalue weighted by Crippen LogP contribution is 2.65. The van der Waals surface area contributed by atoms with Gasteiger partial charge in [-0.05, 0) is 62.7 Å². The number of fused-ring (bicyclic) bond motifs is 3. The van der Waals surface area contributed by atoms with Crippen LogP contribution in [0.3, 0.4) is 0 Å². The van der Waals surface area contributed by atoms with E-state index in [4.69, 9.17) is 0 Å². The van der Waals surface area contributed by atoms with E-state index < -0.39 is 0 Å². The Balaban J connectivity index is 1.93. The monoisotopic (exact) mass is 220 g/mol. The molecule has 0 saturated heterocycles. The highest BCUT2D eigenvalue weighted by Gasteiger charge is 2.60. The lowest BCUT2D eigenvalue weighted by molar-refractivity contribution is -0.161. The molecule has 0 spiro atoms. The number of hydrogen-bond donors (Lipinski definition) is 1. The summed E-state index contributed by atoms with van der Waals surface area (Å²) >= 11 is 0. The average molecular weight is 220 g/mol. The molecular formula is C15H24O. The van der Waals surface area contributed by atoms with Crippen LogP contribution in [0.15, 0.2) is 11.1 Å². The van der Waals surface area contributed by atoms with Crippen LogP contribution in [0.5, 0.6) is 0 Å². The Morgan fingerprint density at radius 3 is 2.50 bits per heavy atom. The topological polar surface area (TPSA) is 20.2 Å². The molecule has 3 aliphatic carbocycles. The van der Waals surface area contributed by atoms with Gasteiger partial charge >= 0.3 is 0 Å². The summed E-state index contributed by atoms with van der Waals surface area (Å²) in [6.07, 6.45) is 4.76. The minimum atomic E-state index is -0.369. The molecule has 0 aromatic rings. The van der Waals surface area contributed by atoms with Gasteiger partial charge in [-0.3, -0.25) is 0 Å². The quantitative estimate of drug-likeness (QED) is 0.619. The fourth-order valence-electron chi connectivity index (χ4n) is 4.78. The maximum Gasteiger partial charge on any atom is 0.0653 e. The molecule has 0 bridgehead atoms. The highest BCUT2D eigenvalue weighted by atomic mass is 16.3. The predicted molar refractivity (Wildman–Crippen MR) is 66.0 cm³/mol. The van der Waals surface area contributed by atoms with E-state index in [0.717, 1.165) is 18.3 Å². The van der Waals surface area contributed by atoms with Gasteiger partial charge in [0.2, 0.25) is 0 Å². The number of allylic oxidation sites excluding steroid dienone is 2. The van der Waals surface area contributed by atoms with E-state index >= 15 is 0 Å². The first-order chi connectivity index (χ1) is 7.33. The maximum atomic E-state index is 10.3. The van der Waals surface area contributed by atoms with E-state index in [2.05, 4.69) is 20.8 Å². The number of rotatable bonds is 0. The summed E-state index contributed by atoms with van der Waals surface area (Å²) in [7, 11) is 0. The van der Waals surface area contributed by atoms with Crippen molar-refractivity contribution in [3.63, 3.8) is 0 Å². The Morgan fingerprint density at radius 1 is 1.25 bits per heavy atom. The maximum absolute atomic E-state index is 10.3. The Labute approximate surface area is 98.9 Å². The smallest absolute Gasteiger partial charge is 0.0653 e. The van der Waals surface area contributed by atoms with Gasteiger partial charge in [0.15, 0.2) is 0 Å². The molecule has 16 heavy (non-hydrogen) atoms. The average Bonchev–Trinajstić information content (AvgIpc) is 2.21. The Morgan fingerprint density at radius 2 is 1.94 bits per heavy atom. The first-order valence-corrected chi connectivity index (χ1v) is 6.74. The second-order valence-electron chi connectivity index (χ2n) is 7.32. The summed E-state index contributed by atoms with van der Waals surface area (Å²) in [4.78, 5) is 0. The molecule has 0 amide bonds. The molecule has 0 radical (unpaired) electrons. The third-order valence-electron chi connectivity index (χ3n) is 5.63. The Bertz CT molecular complexity index is 362. The molecule has 0 unspecified atom stereocenters. The SMILES string of the molecule is CC1=C2CC(C)(C)[C@@H]2[C@H]2C[C@@](C)(O)[C@@H]2CC1. The summed E-state index contributed by atoms with van der Waals surface area (Å²) in [6, 6.07) is 0. The van der Waals surface area contributed by atoms with Crippen LogP contribution in [0.4, 0.5) is 0 Å². The zero-order chi connectivity index (χ0) is 11.7. The second kappa shape index (κ2) is 2.93. The standard InChI is InChI=1S/C15H24O/c1-9-5-6-12-11(8-15(12,4)16)13-10(9)7-14(13,2)3/h11-13,16H,5-8H2,1-4H3/t11-,12+,13-,15+/m0/s1. The van der Waals surface area contributed by atoms with Gasteiger partial charge in [0.1, 0.15) is 0 Å². The lowest BCUT2D eigenvalue weighted by atomic mass is 9.46. The van der Waals surface area contributed by atoms with Gasteiger partial charge in [-0.1, -0.05) is 25.0 Å². The van der Waals surface area contributed by atoms with E-state index in [1.54, 1.807) is 11.1 Å². The first kappa shape index (κ1) is 10.8. The van der Waals surface area contributed by atoms with E-state index in [1.807, 2.05) is 6.92 Å². The number of aliphatic hydroxyl groups is 1. The molecular weight excluding hydrogens is 196 g/mol. The van der Waals surface area contributed by atoms with Crippen LogP contribution in [0.1, 0.15) is 53.4 Å². The Kier molecular flexibility index (Phi) is 1.98. The van der Waals surface area contributed by atoms with Crippen LogP contribution < -0.4 is 0 Å². The van der Waals surface area contributed by atoms with Crippen LogP contribution in [0, 0.1) is 23.2 Å². The molecule has 3 aliphatic rings. The van der Waals surface area contributed by atoms with E-state index in [0.29, 0.717) is 11.3 Å². The lowest BCUT2D eigenvalue weighted by Gasteiger charge is -2.60. The normalized spacial score (nSPS) is 49.7. The van der Waals surface area contributed by atoms with Crippen molar-refractivity contribution in [3.8, 4) is 0 Å². The van der Waals surface area contributed by atoms with Crippen LogP contribution >= 0.6 is 0 Å². The van der Waals surface area contributed by atoms with Crippen molar-refractivity contribution >= 4 is 0 Å². The summed E-state index contributed by atoms with van der Waals surface area (Å²) in [6.45, 7) is 9.17. The van der Waals surface area contributed by atoms with Gasteiger partial charge in [-0.15, -0.1) is 0 Å². The fraction of sp³-hybridized carbons (Fsp3) is 0.867. The van der Waals surface area contributed by atoms with E-state index in [-0.39, 0.29) is 5.60 Å². The first-order valence-electron chi connectivity index (χ1n) is 6.74. The molecule has 0 aliphatic heterocycles. The van der Waals surface area contributed by atoms with Crippen molar-refractivity contribution < 1.29 is 5.11 Å². The van der Waals surface area contributed by atoms with Crippen molar-refractivity contribution in [2.45, 2.75) is 59.0 Å². The molecule has 2 saturated carbocycles. The van der Waals surface area contributed by atoms with Gasteiger partial charge in [-0.25, -0.2) is 0 Å². The molecule has 1 nitrogen and oxygen atoms in total. The van der Waals surface area contributed by atoms with Crippen molar-refractivity contribution in [1.82, 2.24) is 0 Å².